The summed E-state index contributed by atoms with van der Waals surface area (Å²) in [6.45, 7) is 15.4. The topological polar surface area (TPSA) is 26.3 Å². The summed E-state index contributed by atoms with van der Waals surface area (Å²) >= 11 is 0. The first-order chi connectivity index (χ1) is 11.1. The fourth-order valence-electron chi connectivity index (χ4n) is 3.32. The first kappa shape index (κ1) is 21.6. The zero-order valence-corrected chi connectivity index (χ0v) is 18.2. The van der Waals surface area contributed by atoms with Crippen molar-refractivity contribution in [3.8, 4) is 0 Å². The average Bonchev–Trinajstić information content (AvgIpc) is 2.51. The maximum absolute atomic E-state index is 11.4. The second kappa shape index (κ2) is 9.33. The van der Waals surface area contributed by atoms with Gasteiger partial charge in [0.15, 0.2) is 8.32 Å². The fourth-order valence-corrected chi connectivity index (χ4v) is 4.71. The number of carbonyl (C=O) groups excluding carboxylic acids is 1. The summed E-state index contributed by atoms with van der Waals surface area (Å²) < 4.78 is 6.60. The third-order valence-corrected chi connectivity index (χ3v) is 10.6. The van der Waals surface area contributed by atoms with Crippen molar-refractivity contribution in [1.29, 1.82) is 0 Å². The number of aldehydes is 1. The van der Waals surface area contributed by atoms with Crippen LogP contribution in [-0.2, 0) is 9.22 Å². The number of carbonyl (C=O) groups is 1. The number of rotatable bonds is 8. The molecule has 2 nitrogen and oxygen atoms in total. The van der Waals surface area contributed by atoms with Gasteiger partial charge in [-0.25, -0.2) is 0 Å². The van der Waals surface area contributed by atoms with Gasteiger partial charge >= 0.3 is 0 Å². The molecular formula is C21H40O2Si. The molecule has 0 unspecified atom stereocenters. The Morgan fingerprint density at radius 2 is 1.79 bits per heavy atom. The van der Waals surface area contributed by atoms with Crippen molar-refractivity contribution >= 4 is 14.6 Å². The van der Waals surface area contributed by atoms with E-state index < -0.39 is 8.32 Å². The normalized spacial score (nSPS) is 20.7. The summed E-state index contributed by atoms with van der Waals surface area (Å²) in [5, 5.41) is 0.163. The van der Waals surface area contributed by atoms with Crippen molar-refractivity contribution in [3.63, 3.8) is 0 Å². The van der Waals surface area contributed by atoms with Crippen LogP contribution in [0.4, 0.5) is 0 Å². The summed E-state index contributed by atoms with van der Waals surface area (Å²) in [6.07, 6.45) is 12.8. The van der Waals surface area contributed by atoms with Crippen molar-refractivity contribution < 1.29 is 9.22 Å². The minimum absolute atomic E-state index is 0.0604. The minimum atomic E-state index is -1.88. The lowest BCUT2D eigenvalue weighted by Gasteiger charge is -2.40. The van der Waals surface area contributed by atoms with Crippen LogP contribution < -0.4 is 0 Å². The van der Waals surface area contributed by atoms with Crippen molar-refractivity contribution in [2.75, 3.05) is 0 Å². The van der Waals surface area contributed by atoms with E-state index in [0.29, 0.717) is 0 Å². The zero-order valence-electron chi connectivity index (χ0n) is 17.2. The molecule has 1 aliphatic rings. The molecule has 3 heteroatoms. The maximum Gasteiger partial charge on any atom is 0.192 e. The Kier molecular flexibility index (Phi) is 8.41. The molecule has 24 heavy (non-hydrogen) atoms. The molecule has 1 fully saturated rings. The van der Waals surface area contributed by atoms with Crippen LogP contribution in [0.15, 0.2) is 11.6 Å². The van der Waals surface area contributed by atoms with Gasteiger partial charge in [0.1, 0.15) is 6.29 Å². The Balaban J connectivity index is 2.71. The molecule has 0 aliphatic heterocycles. The lowest BCUT2D eigenvalue weighted by molar-refractivity contribution is -0.112. The van der Waals surface area contributed by atoms with Crippen LogP contribution in [0.2, 0.25) is 18.1 Å². The summed E-state index contributed by atoms with van der Waals surface area (Å²) in [7, 11) is -1.88. The average molecular weight is 353 g/mol. The molecular weight excluding hydrogens is 312 g/mol. The molecule has 1 saturated carbocycles. The van der Waals surface area contributed by atoms with Crippen molar-refractivity contribution in [1.82, 2.24) is 0 Å². The molecule has 0 N–H and O–H groups in total. The SMILES string of the molecule is C/C(=C\CCC1CCCCC1)[C@H](O[Si](C)(C)C(C)(C)C)[C@@H](C)C=O. The highest BCUT2D eigenvalue weighted by Crippen LogP contribution is 2.39. The second-order valence-electron chi connectivity index (χ2n) is 9.32. The largest absolute Gasteiger partial charge is 0.410 e. The van der Waals surface area contributed by atoms with Gasteiger partial charge < -0.3 is 9.22 Å². The van der Waals surface area contributed by atoms with E-state index in [9.17, 15) is 4.79 Å². The van der Waals surface area contributed by atoms with E-state index in [-0.39, 0.29) is 17.1 Å². The standard InChI is InChI=1S/C21H40O2Si/c1-17(12-11-15-19-13-9-8-10-14-19)20(18(2)16-22)23-24(6,7)21(3,4)5/h12,16,18-20H,8-11,13-15H2,1-7H3/b17-12+/t18-,20-/m0/s1. The summed E-state index contributed by atoms with van der Waals surface area (Å²) in [5.74, 6) is 0.830. The Morgan fingerprint density at radius 3 is 2.29 bits per heavy atom. The Morgan fingerprint density at radius 1 is 1.21 bits per heavy atom. The molecule has 0 heterocycles. The molecule has 0 spiro atoms. The number of hydrogen-bond acceptors (Lipinski definition) is 2. The van der Waals surface area contributed by atoms with Crippen LogP contribution in [-0.4, -0.2) is 20.7 Å². The summed E-state index contributed by atoms with van der Waals surface area (Å²) in [4.78, 5) is 11.4. The van der Waals surface area contributed by atoms with E-state index >= 15 is 0 Å². The summed E-state index contributed by atoms with van der Waals surface area (Å²) in [5.41, 5.74) is 1.25. The van der Waals surface area contributed by atoms with E-state index in [1.54, 1.807) is 0 Å². The Bertz CT molecular complexity index is 414. The quantitative estimate of drug-likeness (QED) is 0.282. The van der Waals surface area contributed by atoms with Gasteiger partial charge in [0.05, 0.1) is 6.10 Å². The third kappa shape index (κ3) is 6.48. The molecule has 0 saturated heterocycles. The molecule has 0 radical (unpaired) electrons. The molecule has 1 rings (SSSR count). The van der Waals surface area contributed by atoms with E-state index in [0.717, 1.165) is 18.6 Å². The van der Waals surface area contributed by atoms with Crippen LogP contribution in [0, 0.1) is 11.8 Å². The summed E-state index contributed by atoms with van der Waals surface area (Å²) in [6, 6.07) is 0. The van der Waals surface area contributed by atoms with Gasteiger partial charge in [0.2, 0.25) is 0 Å². The molecule has 0 aromatic rings. The molecule has 1 aliphatic carbocycles. The first-order valence-electron chi connectivity index (χ1n) is 9.88. The van der Waals surface area contributed by atoms with Crippen LogP contribution >= 0.6 is 0 Å². The van der Waals surface area contributed by atoms with E-state index in [1.165, 1.54) is 44.1 Å². The smallest absolute Gasteiger partial charge is 0.192 e. The Labute approximate surface area is 151 Å². The van der Waals surface area contributed by atoms with Crippen LogP contribution in [0.25, 0.3) is 0 Å². The van der Waals surface area contributed by atoms with Gasteiger partial charge in [-0.3, -0.25) is 0 Å². The van der Waals surface area contributed by atoms with Crippen LogP contribution in [0.5, 0.6) is 0 Å². The number of allylic oxidation sites excluding steroid dienone is 1. The van der Waals surface area contributed by atoms with Gasteiger partial charge in [0, 0.05) is 5.92 Å². The molecule has 140 valence electrons. The molecule has 0 aromatic heterocycles. The Hall–Kier alpha value is -0.413. The van der Waals surface area contributed by atoms with Crippen LogP contribution in [0.1, 0.15) is 79.6 Å². The van der Waals surface area contributed by atoms with Gasteiger partial charge in [-0.15, -0.1) is 0 Å². The van der Waals surface area contributed by atoms with Crippen molar-refractivity contribution in [2.24, 2.45) is 11.8 Å². The molecule has 0 aromatic carbocycles. The fraction of sp³-hybridized carbons (Fsp3) is 0.857. The highest BCUT2D eigenvalue weighted by atomic mass is 28.4. The molecule has 2 atom stereocenters. The van der Waals surface area contributed by atoms with Crippen LogP contribution in [0.3, 0.4) is 0 Å². The minimum Gasteiger partial charge on any atom is -0.410 e. The monoisotopic (exact) mass is 352 g/mol. The van der Waals surface area contributed by atoms with Gasteiger partial charge in [-0.1, -0.05) is 65.9 Å². The van der Waals surface area contributed by atoms with Crippen molar-refractivity contribution in [2.45, 2.75) is 104 Å². The second-order valence-corrected chi connectivity index (χ2v) is 14.1. The predicted molar refractivity (Wildman–Crippen MR) is 107 cm³/mol. The first-order valence-corrected chi connectivity index (χ1v) is 12.8. The zero-order chi connectivity index (χ0) is 18.4. The van der Waals surface area contributed by atoms with E-state index in [1.807, 2.05) is 6.92 Å². The van der Waals surface area contributed by atoms with Gasteiger partial charge in [-0.05, 0) is 49.4 Å². The van der Waals surface area contributed by atoms with Gasteiger partial charge in [0.25, 0.3) is 0 Å². The molecule has 0 amide bonds. The number of hydrogen-bond donors (Lipinski definition) is 0. The highest BCUT2D eigenvalue weighted by Gasteiger charge is 2.40. The third-order valence-electron chi connectivity index (χ3n) is 6.13. The maximum atomic E-state index is 11.4. The van der Waals surface area contributed by atoms with Crippen molar-refractivity contribution in [3.05, 3.63) is 11.6 Å². The molecule has 0 bridgehead atoms. The lowest BCUT2D eigenvalue weighted by atomic mass is 9.86. The van der Waals surface area contributed by atoms with E-state index in [2.05, 4.69) is 46.9 Å². The predicted octanol–water partition coefficient (Wildman–Crippen LogP) is 6.52. The van der Waals surface area contributed by atoms with E-state index in [4.69, 9.17) is 4.43 Å². The lowest BCUT2D eigenvalue weighted by Crippen LogP contribution is -2.46. The van der Waals surface area contributed by atoms with Gasteiger partial charge in [-0.2, -0.15) is 0 Å². The highest BCUT2D eigenvalue weighted by molar-refractivity contribution is 6.74.